The highest BCUT2D eigenvalue weighted by atomic mass is 16.5. The number of phenolic OH excluding ortho intramolecular Hbond substituents is 1. The molecule has 2 aromatic carbocycles. The highest BCUT2D eigenvalue weighted by Gasteiger charge is 2.31. The zero-order valence-corrected chi connectivity index (χ0v) is 21.3. The highest BCUT2D eigenvalue weighted by Crippen LogP contribution is 2.39. The molecule has 1 amide bonds. The summed E-state index contributed by atoms with van der Waals surface area (Å²) in [7, 11) is 1.89. The largest absolute Gasteiger partial charge is 0.507 e. The number of fused-ring (bicyclic) bond motifs is 2. The SMILES string of the molecule is C[C@@H]1CN(C(=O)c2ccc(-c3ccnc4c3c(C=C3Oc5cccc(O)c5C3=O)cn4C)cc2)C[C@H](C)O1. The molecule has 1 saturated heterocycles. The van der Waals surface area contributed by atoms with E-state index in [-0.39, 0.29) is 41.0 Å². The number of phenols is 1. The van der Waals surface area contributed by atoms with E-state index in [4.69, 9.17) is 9.47 Å². The van der Waals surface area contributed by atoms with E-state index in [0.29, 0.717) is 24.4 Å². The molecule has 6 rings (SSSR count). The van der Waals surface area contributed by atoms with E-state index in [1.165, 1.54) is 6.07 Å². The number of morpholine rings is 1. The van der Waals surface area contributed by atoms with Crippen molar-refractivity contribution in [1.82, 2.24) is 14.5 Å². The van der Waals surface area contributed by atoms with Crippen molar-refractivity contribution in [3.8, 4) is 22.6 Å². The third-order valence-electron chi connectivity index (χ3n) is 7.00. The lowest BCUT2D eigenvalue weighted by atomic mass is 9.99. The number of aryl methyl sites for hydroxylation is 1. The molecule has 2 aliphatic rings. The molecule has 8 heteroatoms. The molecule has 0 radical (unpaired) electrons. The molecule has 0 unspecified atom stereocenters. The first-order valence-electron chi connectivity index (χ1n) is 12.6. The summed E-state index contributed by atoms with van der Waals surface area (Å²) in [5, 5.41) is 11.0. The van der Waals surface area contributed by atoms with E-state index in [1.807, 2.05) is 66.9 Å². The van der Waals surface area contributed by atoms with Gasteiger partial charge in [0.2, 0.25) is 5.78 Å². The van der Waals surface area contributed by atoms with Crippen LogP contribution in [0.15, 0.2) is 66.7 Å². The van der Waals surface area contributed by atoms with Crippen LogP contribution in [0.1, 0.15) is 40.1 Å². The zero-order valence-electron chi connectivity index (χ0n) is 21.3. The number of carbonyl (C=O) groups excluding carboxylic acids is 2. The smallest absolute Gasteiger partial charge is 0.254 e. The van der Waals surface area contributed by atoms with Crippen molar-refractivity contribution in [3.63, 3.8) is 0 Å². The number of hydrogen-bond donors (Lipinski definition) is 1. The normalized spacial score (nSPS) is 20.1. The summed E-state index contributed by atoms with van der Waals surface area (Å²) < 4.78 is 13.5. The Balaban J connectivity index is 1.36. The van der Waals surface area contributed by atoms with E-state index >= 15 is 0 Å². The second-order valence-corrected chi connectivity index (χ2v) is 9.89. The predicted octanol–water partition coefficient (Wildman–Crippen LogP) is 4.81. The van der Waals surface area contributed by atoms with Gasteiger partial charge in [0.1, 0.15) is 22.7 Å². The Hall–Kier alpha value is -4.43. The minimum absolute atomic E-state index is 0.00480. The van der Waals surface area contributed by atoms with E-state index < -0.39 is 0 Å². The molecular formula is C30H27N3O5. The van der Waals surface area contributed by atoms with Gasteiger partial charge in [-0.05, 0) is 61.4 Å². The number of carbonyl (C=O) groups is 2. The number of benzene rings is 2. The van der Waals surface area contributed by atoms with Gasteiger partial charge in [0.15, 0.2) is 5.76 Å². The lowest BCUT2D eigenvalue weighted by molar-refractivity contribution is -0.0586. The van der Waals surface area contributed by atoms with Crippen LogP contribution in [0.4, 0.5) is 0 Å². The summed E-state index contributed by atoms with van der Waals surface area (Å²) >= 11 is 0. The Bertz CT molecular complexity index is 1610. The summed E-state index contributed by atoms with van der Waals surface area (Å²) in [5.41, 5.74) is 4.14. The number of pyridine rings is 1. The number of Topliss-reactive ketones (excluding diaryl/α,β-unsaturated/α-hetero) is 1. The Morgan fingerprint density at radius 3 is 2.53 bits per heavy atom. The van der Waals surface area contributed by atoms with Gasteiger partial charge in [-0.3, -0.25) is 9.59 Å². The van der Waals surface area contributed by atoms with Crippen LogP contribution in [0.3, 0.4) is 0 Å². The van der Waals surface area contributed by atoms with Gasteiger partial charge in [-0.15, -0.1) is 0 Å². The second kappa shape index (κ2) is 9.15. The molecule has 192 valence electrons. The van der Waals surface area contributed by atoms with Gasteiger partial charge in [0, 0.05) is 49.0 Å². The average Bonchev–Trinajstić information content (AvgIpc) is 3.40. The monoisotopic (exact) mass is 509 g/mol. The van der Waals surface area contributed by atoms with Gasteiger partial charge in [-0.2, -0.15) is 0 Å². The Kier molecular flexibility index (Phi) is 5.76. The molecule has 2 aliphatic heterocycles. The molecule has 2 atom stereocenters. The first kappa shape index (κ1) is 23.9. The van der Waals surface area contributed by atoms with Gasteiger partial charge in [0.25, 0.3) is 5.91 Å². The summed E-state index contributed by atoms with van der Waals surface area (Å²) in [4.78, 5) is 32.5. The minimum atomic E-state index is -0.366. The molecule has 8 nitrogen and oxygen atoms in total. The van der Waals surface area contributed by atoms with E-state index in [2.05, 4.69) is 4.98 Å². The molecule has 38 heavy (non-hydrogen) atoms. The second-order valence-electron chi connectivity index (χ2n) is 9.89. The van der Waals surface area contributed by atoms with E-state index in [0.717, 1.165) is 27.7 Å². The third kappa shape index (κ3) is 4.03. The van der Waals surface area contributed by atoms with Gasteiger partial charge in [-0.25, -0.2) is 4.98 Å². The van der Waals surface area contributed by atoms with Crippen LogP contribution in [0, 0.1) is 0 Å². The molecule has 2 aromatic heterocycles. The Labute approximate surface area is 219 Å². The average molecular weight is 510 g/mol. The maximum Gasteiger partial charge on any atom is 0.254 e. The number of ketones is 1. The number of aromatic hydroxyl groups is 1. The molecule has 0 spiro atoms. The molecule has 1 N–H and O–H groups in total. The van der Waals surface area contributed by atoms with Crippen LogP contribution in [-0.2, 0) is 11.8 Å². The molecule has 1 fully saturated rings. The fourth-order valence-electron chi connectivity index (χ4n) is 5.36. The highest BCUT2D eigenvalue weighted by molar-refractivity contribution is 6.17. The number of aromatic nitrogens is 2. The van der Waals surface area contributed by atoms with Crippen LogP contribution in [0.5, 0.6) is 11.5 Å². The zero-order chi connectivity index (χ0) is 26.6. The minimum Gasteiger partial charge on any atom is -0.507 e. The van der Waals surface area contributed by atoms with Crippen LogP contribution >= 0.6 is 0 Å². The number of rotatable bonds is 3. The van der Waals surface area contributed by atoms with Crippen molar-refractivity contribution >= 4 is 28.8 Å². The summed E-state index contributed by atoms with van der Waals surface area (Å²) in [6.45, 7) is 5.10. The lowest BCUT2D eigenvalue weighted by Gasteiger charge is -2.35. The van der Waals surface area contributed by atoms with Gasteiger partial charge in [0.05, 0.1) is 12.2 Å². The quantitative estimate of drug-likeness (QED) is 0.399. The van der Waals surface area contributed by atoms with Gasteiger partial charge < -0.3 is 24.0 Å². The molecule has 0 aliphatic carbocycles. The maximum absolute atomic E-state index is 13.1. The lowest BCUT2D eigenvalue weighted by Crippen LogP contribution is -2.48. The molecule has 0 bridgehead atoms. The molecule has 4 aromatic rings. The molecular weight excluding hydrogens is 482 g/mol. The fourth-order valence-corrected chi connectivity index (χ4v) is 5.36. The Morgan fingerprint density at radius 1 is 1.08 bits per heavy atom. The first-order chi connectivity index (χ1) is 18.3. The van der Waals surface area contributed by atoms with Crippen molar-refractivity contribution in [2.24, 2.45) is 7.05 Å². The Morgan fingerprint density at radius 2 is 1.82 bits per heavy atom. The fraction of sp³-hybridized carbons (Fsp3) is 0.233. The molecule has 0 saturated carbocycles. The number of amides is 1. The van der Waals surface area contributed by atoms with Gasteiger partial charge >= 0.3 is 0 Å². The van der Waals surface area contributed by atoms with E-state index in [9.17, 15) is 14.7 Å². The summed E-state index contributed by atoms with van der Waals surface area (Å²) in [6, 6.07) is 14.2. The van der Waals surface area contributed by atoms with Crippen molar-refractivity contribution in [2.75, 3.05) is 13.1 Å². The van der Waals surface area contributed by atoms with Crippen LogP contribution in [-0.4, -0.2) is 56.5 Å². The standard InChI is InChI=1S/C30H27N3O5/c1-17-14-33(15-18(2)37-17)30(36)20-9-7-19(8-10-20)22-11-12-31-29-26(22)21(16-32(29)3)13-25-28(35)27-23(34)5-4-6-24(27)38-25/h4-13,16-18,34H,14-15H2,1-3H3/t17-,18+. The number of hydrogen-bond acceptors (Lipinski definition) is 6. The van der Waals surface area contributed by atoms with Gasteiger partial charge in [-0.1, -0.05) is 18.2 Å². The van der Waals surface area contributed by atoms with Crippen molar-refractivity contribution in [2.45, 2.75) is 26.1 Å². The van der Waals surface area contributed by atoms with Crippen LogP contribution < -0.4 is 4.74 Å². The summed E-state index contributed by atoms with van der Waals surface area (Å²) in [6.07, 6.45) is 5.34. The summed E-state index contributed by atoms with van der Waals surface area (Å²) in [5.74, 6) is -0.00639. The number of ether oxygens (including phenoxy) is 2. The van der Waals surface area contributed by atoms with Crippen molar-refractivity contribution < 1.29 is 24.2 Å². The number of nitrogens with zero attached hydrogens (tertiary/aromatic N) is 3. The topological polar surface area (TPSA) is 93.9 Å². The van der Waals surface area contributed by atoms with Crippen LogP contribution in [0.2, 0.25) is 0 Å². The maximum atomic E-state index is 13.1. The van der Waals surface area contributed by atoms with E-state index in [1.54, 1.807) is 24.4 Å². The number of allylic oxidation sites excluding steroid dienone is 1. The molecule has 4 heterocycles. The van der Waals surface area contributed by atoms with Crippen LogP contribution in [0.25, 0.3) is 28.2 Å². The predicted molar refractivity (Wildman–Crippen MR) is 143 cm³/mol. The third-order valence-corrected chi connectivity index (χ3v) is 7.00. The first-order valence-corrected chi connectivity index (χ1v) is 12.6. The van der Waals surface area contributed by atoms with Crippen molar-refractivity contribution in [1.29, 1.82) is 0 Å². The van der Waals surface area contributed by atoms with Crippen molar-refractivity contribution in [3.05, 3.63) is 83.4 Å².